The molecule has 0 bridgehead atoms. The molecule has 1 aliphatic rings. The van der Waals surface area contributed by atoms with Crippen LogP contribution in [-0.2, 0) is 7.05 Å². The molecule has 1 aromatic carbocycles. The fourth-order valence-electron chi connectivity index (χ4n) is 4.56. The van der Waals surface area contributed by atoms with Crippen molar-refractivity contribution >= 4 is 22.5 Å². The predicted octanol–water partition coefficient (Wildman–Crippen LogP) is 2.71. The molecule has 1 aliphatic carbocycles. The lowest BCUT2D eigenvalue weighted by molar-refractivity contribution is 0.0938. The number of fused-ring (bicyclic) bond motifs is 2. The van der Waals surface area contributed by atoms with E-state index in [4.69, 9.17) is 4.98 Å². The highest BCUT2D eigenvalue weighted by atomic mass is 16.2. The fourth-order valence-corrected chi connectivity index (χ4v) is 4.56. The van der Waals surface area contributed by atoms with E-state index in [0.29, 0.717) is 39.2 Å². The lowest BCUT2D eigenvalue weighted by Crippen LogP contribution is -2.34. The van der Waals surface area contributed by atoms with E-state index in [9.17, 15) is 9.59 Å². The summed E-state index contributed by atoms with van der Waals surface area (Å²) in [4.78, 5) is 40.4. The molecule has 0 aliphatic heterocycles. The highest BCUT2D eigenvalue weighted by Crippen LogP contribution is 2.36. The molecule has 1 N–H and O–H groups in total. The number of hydrogen-bond acceptors (Lipinski definition) is 6. The summed E-state index contributed by atoms with van der Waals surface area (Å²) in [6.45, 7) is 3.61. The van der Waals surface area contributed by atoms with E-state index < -0.39 is 6.04 Å². The Bertz CT molecular complexity index is 1810. The number of imidazole rings is 1. The van der Waals surface area contributed by atoms with Gasteiger partial charge in [0.05, 0.1) is 35.2 Å². The number of carbonyl (C=O) groups is 1. The van der Waals surface area contributed by atoms with Gasteiger partial charge in [0.1, 0.15) is 17.1 Å². The van der Waals surface area contributed by atoms with E-state index in [-0.39, 0.29) is 17.5 Å². The third kappa shape index (κ3) is 3.94. The Morgan fingerprint density at radius 2 is 2.05 bits per heavy atom. The maximum Gasteiger partial charge on any atom is 0.262 e. The molecule has 1 fully saturated rings. The van der Waals surface area contributed by atoms with Crippen LogP contribution in [0.5, 0.6) is 0 Å². The van der Waals surface area contributed by atoms with E-state index in [1.165, 1.54) is 0 Å². The van der Waals surface area contributed by atoms with Crippen LogP contribution in [0.15, 0.2) is 54.0 Å². The van der Waals surface area contributed by atoms with Gasteiger partial charge in [-0.25, -0.2) is 19.5 Å². The summed E-state index contributed by atoms with van der Waals surface area (Å²) >= 11 is 0. The van der Waals surface area contributed by atoms with Gasteiger partial charge in [-0.05, 0) is 50.8 Å². The molecule has 0 saturated heterocycles. The van der Waals surface area contributed by atoms with Crippen molar-refractivity contribution < 1.29 is 4.79 Å². The second-order valence-electron chi connectivity index (χ2n) is 9.26. The molecule has 0 radical (unpaired) electrons. The van der Waals surface area contributed by atoms with Crippen molar-refractivity contribution in [2.75, 3.05) is 0 Å². The minimum absolute atomic E-state index is 0.0530. The topological polar surface area (TPSA) is 112 Å². The molecule has 0 spiro atoms. The summed E-state index contributed by atoms with van der Waals surface area (Å²) in [7, 11) is 1.87. The highest BCUT2D eigenvalue weighted by molar-refractivity contribution is 6.01. The monoisotopic (exact) mass is 492 g/mol. The Morgan fingerprint density at radius 1 is 1.22 bits per heavy atom. The minimum Gasteiger partial charge on any atom is -0.342 e. The Balaban J connectivity index is 1.41. The van der Waals surface area contributed by atoms with Crippen LogP contribution >= 0.6 is 0 Å². The van der Waals surface area contributed by atoms with Gasteiger partial charge in [-0.1, -0.05) is 12.0 Å². The third-order valence-corrected chi connectivity index (χ3v) is 6.54. The van der Waals surface area contributed by atoms with E-state index in [1.807, 2.05) is 30.7 Å². The molecule has 10 nitrogen and oxygen atoms in total. The maximum atomic E-state index is 13.8. The number of amides is 1. The summed E-state index contributed by atoms with van der Waals surface area (Å²) in [6, 6.07) is 6.76. The molecule has 4 aromatic heterocycles. The van der Waals surface area contributed by atoms with Gasteiger partial charge in [0.15, 0.2) is 5.65 Å². The average Bonchev–Trinajstić information content (AvgIpc) is 3.54. The Hall–Kier alpha value is -4.78. The molecule has 10 heteroatoms. The lowest BCUT2D eigenvalue weighted by atomic mass is 10.1. The van der Waals surface area contributed by atoms with Gasteiger partial charge in [-0.2, -0.15) is 5.10 Å². The van der Waals surface area contributed by atoms with Gasteiger partial charge < -0.3 is 9.88 Å². The molecular weight excluding hydrogens is 468 g/mol. The molecule has 4 heterocycles. The first-order valence-electron chi connectivity index (χ1n) is 12.1. The first kappa shape index (κ1) is 22.7. The van der Waals surface area contributed by atoms with Crippen molar-refractivity contribution in [1.82, 2.24) is 39.0 Å². The van der Waals surface area contributed by atoms with Gasteiger partial charge in [0.25, 0.3) is 11.5 Å². The average molecular weight is 493 g/mol. The summed E-state index contributed by atoms with van der Waals surface area (Å²) < 4.78 is 5.13. The van der Waals surface area contributed by atoms with Crippen molar-refractivity contribution in [3.05, 3.63) is 87.9 Å². The van der Waals surface area contributed by atoms with Gasteiger partial charge in [-0.15, -0.1) is 0 Å². The van der Waals surface area contributed by atoms with Crippen molar-refractivity contribution in [2.24, 2.45) is 7.05 Å². The van der Waals surface area contributed by atoms with Crippen molar-refractivity contribution in [3.63, 3.8) is 0 Å². The SMILES string of the molecule is Cc1nn2cccnc2c1C(=O)N[C@H](C)c1nc2cccc(C#Cc3cncn3C)c2c(=O)n1C1CC1. The lowest BCUT2D eigenvalue weighted by Gasteiger charge is -2.19. The molecule has 37 heavy (non-hydrogen) atoms. The number of nitrogens with one attached hydrogen (secondary N) is 1. The highest BCUT2D eigenvalue weighted by Gasteiger charge is 2.31. The van der Waals surface area contributed by atoms with Gasteiger partial charge in [0.2, 0.25) is 0 Å². The van der Waals surface area contributed by atoms with Crippen LogP contribution in [0.25, 0.3) is 16.6 Å². The number of aryl methyl sites for hydroxylation is 2. The van der Waals surface area contributed by atoms with Crippen LogP contribution in [0.2, 0.25) is 0 Å². The van der Waals surface area contributed by atoms with Crippen molar-refractivity contribution in [1.29, 1.82) is 0 Å². The van der Waals surface area contributed by atoms with Crippen LogP contribution in [0, 0.1) is 18.8 Å². The summed E-state index contributed by atoms with van der Waals surface area (Å²) in [5.74, 6) is 6.43. The van der Waals surface area contributed by atoms with E-state index >= 15 is 0 Å². The number of aromatic nitrogens is 7. The number of rotatable bonds is 4. The predicted molar refractivity (Wildman–Crippen MR) is 137 cm³/mol. The zero-order valence-electron chi connectivity index (χ0n) is 20.6. The largest absolute Gasteiger partial charge is 0.342 e. The third-order valence-electron chi connectivity index (χ3n) is 6.54. The Kier molecular flexibility index (Phi) is 5.34. The zero-order valence-corrected chi connectivity index (χ0v) is 20.6. The first-order chi connectivity index (χ1) is 17.9. The van der Waals surface area contributed by atoms with Crippen molar-refractivity contribution in [2.45, 2.75) is 38.8 Å². The smallest absolute Gasteiger partial charge is 0.262 e. The van der Waals surface area contributed by atoms with Crippen LogP contribution in [0.1, 0.15) is 65.0 Å². The van der Waals surface area contributed by atoms with Gasteiger partial charge in [-0.3, -0.25) is 14.2 Å². The molecule has 1 saturated carbocycles. The van der Waals surface area contributed by atoms with Gasteiger partial charge in [0, 0.05) is 31.0 Å². The molecule has 1 amide bonds. The number of nitrogens with zero attached hydrogens (tertiary/aromatic N) is 7. The van der Waals surface area contributed by atoms with Crippen LogP contribution < -0.4 is 10.9 Å². The molecule has 184 valence electrons. The fraction of sp³-hybridized carbons (Fsp3) is 0.259. The minimum atomic E-state index is -0.521. The zero-order chi connectivity index (χ0) is 25.7. The van der Waals surface area contributed by atoms with Gasteiger partial charge >= 0.3 is 0 Å². The first-order valence-corrected chi connectivity index (χ1v) is 12.1. The second-order valence-corrected chi connectivity index (χ2v) is 9.26. The number of benzene rings is 1. The van der Waals surface area contributed by atoms with Crippen LogP contribution in [0.4, 0.5) is 0 Å². The van der Waals surface area contributed by atoms with E-state index in [0.717, 1.165) is 18.5 Å². The van der Waals surface area contributed by atoms with Crippen LogP contribution in [-0.4, -0.2) is 39.6 Å². The number of hydrogen-bond donors (Lipinski definition) is 1. The molecular formula is C27H24N8O2. The van der Waals surface area contributed by atoms with E-state index in [1.54, 1.807) is 53.1 Å². The maximum absolute atomic E-state index is 13.8. The molecule has 1 atom stereocenters. The summed E-state index contributed by atoms with van der Waals surface area (Å²) in [5.41, 5.74) is 3.22. The number of carbonyl (C=O) groups excluding carboxylic acids is 1. The molecule has 5 aromatic rings. The summed E-state index contributed by atoms with van der Waals surface area (Å²) in [6.07, 6.45) is 8.52. The standard InChI is InChI=1S/C27H24N8O2/c1-16-22(25-29-12-5-13-34(25)32-16)26(36)30-17(2)24-31-21-7-4-6-18(8-9-20-14-28-15-33(20)3)23(21)27(37)35(24)19-10-11-19/h4-7,12-15,17,19H,10-11H2,1-3H3,(H,30,36)/t17-/m1/s1. The molecule has 0 unspecified atom stereocenters. The quantitative estimate of drug-likeness (QED) is 0.386. The van der Waals surface area contributed by atoms with Crippen LogP contribution in [0.3, 0.4) is 0 Å². The van der Waals surface area contributed by atoms with Crippen molar-refractivity contribution in [3.8, 4) is 11.8 Å². The molecule has 6 rings (SSSR count). The summed E-state index contributed by atoms with van der Waals surface area (Å²) in [5, 5.41) is 7.88. The van der Waals surface area contributed by atoms with E-state index in [2.05, 4.69) is 32.2 Å². The Morgan fingerprint density at radius 3 is 2.81 bits per heavy atom. The normalized spacial score (nSPS) is 13.9. The Labute approximate surface area is 212 Å². The second kappa shape index (κ2) is 8.71.